The molecule has 1 aromatic carbocycles. The third-order valence-electron chi connectivity index (χ3n) is 3.84. The number of benzene rings is 1. The quantitative estimate of drug-likeness (QED) is 0.833. The molecular formula is C14H18BrClN4. The number of hydrogen-bond donors (Lipinski definition) is 1. The van der Waals surface area contributed by atoms with Crippen molar-refractivity contribution >= 4 is 46.3 Å². The zero-order chi connectivity index (χ0) is 13.3. The van der Waals surface area contributed by atoms with Gasteiger partial charge < -0.3 is 10.6 Å². The van der Waals surface area contributed by atoms with Gasteiger partial charge in [-0.15, -0.1) is 12.4 Å². The highest BCUT2D eigenvalue weighted by Crippen LogP contribution is 2.38. The summed E-state index contributed by atoms with van der Waals surface area (Å²) in [7, 11) is 0. The smallest absolute Gasteiger partial charge is 0.219 e. The normalized spacial score (nSPS) is 20.4. The molecule has 2 N–H and O–H groups in total. The lowest BCUT2D eigenvalue weighted by atomic mass is 9.87. The van der Waals surface area contributed by atoms with Crippen LogP contribution in [-0.4, -0.2) is 18.0 Å². The number of rotatable bonds is 1. The Morgan fingerprint density at radius 2 is 1.75 bits per heavy atom. The van der Waals surface area contributed by atoms with Crippen LogP contribution >= 0.6 is 28.3 Å². The van der Waals surface area contributed by atoms with Crippen LogP contribution in [0.2, 0.25) is 0 Å². The average molecular weight is 358 g/mol. The van der Waals surface area contributed by atoms with Crippen molar-refractivity contribution in [1.29, 1.82) is 0 Å². The molecule has 1 saturated carbocycles. The van der Waals surface area contributed by atoms with Crippen molar-refractivity contribution in [1.82, 2.24) is 0 Å². The second-order valence-electron chi connectivity index (χ2n) is 5.10. The molecule has 0 bridgehead atoms. The Labute approximate surface area is 133 Å². The van der Waals surface area contributed by atoms with Gasteiger partial charge in [0.2, 0.25) is 5.96 Å². The molecule has 0 unspecified atom stereocenters. The van der Waals surface area contributed by atoms with E-state index in [4.69, 9.17) is 5.73 Å². The van der Waals surface area contributed by atoms with Gasteiger partial charge in [0.1, 0.15) is 12.0 Å². The highest BCUT2D eigenvalue weighted by Gasteiger charge is 2.39. The molecule has 2 aliphatic rings. The molecule has 4 nitrogen and oxygen atoms in total. The molecule has 0 aromatic heterocycles. The van der Waals surface area contributed by atoms with Gasteiger partial charge in [0, 0.05) is 10.2 Å². The Morgan fingerprint density at radius 3 is 2.40 bits per heavy atom. The monoisotopic (exact) mass is 356 g/mol. The van der Waals surface area contributed by atoms with Gasteiger partial charge in [0.15, 0.2) is 0 Å². The van der Waals surface area contributed by atoms with Crippen LogP contribution in [0, 0.1) is 0 Å². The fraction of sp³-hybridized carbons (Fsp3) is 0.429. The minimum atomic E-state index is -0.224. The van der Waals surface area contributed by atoms with Crippen LogP contribution < -0.4 is 10.6 Å². The summed E-state index contributed by atoms with van der Waals surface area (Å²) < 4.78 is 1.07. The van der Waals surface area contributed by atoms with Gasteiger partial charge in [-0.1, -0.05) is 22.4 Å². The van der Waals surface area contributed by atoms with E-state index in [1.165, 1.54) is 19.3 Å². The Balaban J connectivity index is 0.00000147. The Hall–Kier alpha value is -1.07. The first-order chi connectivity index (χ1) is 9.20. The van der Waals surface area contributed by atoms with Gasteiger partial charge in [-0.2, -0.15) is 0 Å². The zero-order valence-electron chi connectivity index (χ0n) is 11.1. The van der Waals surface area contributed by atoms with E-state index in [2.05, 4.69) is 42.9 Å². The molecule has 1 aromatic rings. The predicted octanol–water partition coefficient (Wildman–Crippen LogP) is 3.69. The minimum absolute atomic E-state index is 0. The molecule has 0 atom stereocenters. The maximum Gasteiger partial charge on any atom is 0.219 e. The molecule has 20 heavy (non-hydrogen) atoms. The third kappa shape index (κ3) is 2.83. The van der Waals surface area contributed by atoms with Gasteiger partial charge >= 0.3 is 0 Å². The predicted molar refractivity (Wildman–Crippen MR) is 89.8 cm³/mol. The van der Waals surface area contributed by atoms with E-state index < -0.39 is 0 Å². The van der Waals surface area contributed by atoms with Crippen LogP contribution in [0.5, 0.6) is 0 Å². The van der Waals surface area contributed by atoms with Gasteiger partial charge in [-0.05, 0) is 49.9 Å². The lowest BCUT2D eigenvalue weighted by Gasteiger charge is -2.44. The van der Waals surface area contributed by atoms with E-state index in [0.29, 0.717) is 5.96 Å². The fourth-order valence-electron chi connectivity index (χ4n) is 2.90. The Kier molecular flexibility index (Phi) is 4.70. The van der Waals surface area contributed by atoms with Crippen molar-refractivity contribution in [2.45, 2.75) is 37.8 Å². The summed E-state index contributed by atoms with van der Waals surface area (Å²) in [6.45, 7) is 0. The molecule has 0 amide bonds. The lowest BCUT2D eigenvalue weighted by Crippen LogP contribution is -2.51. The Bertz CT molecular complexity index is 520. The summed E-state index contributed by atoms with van der Waals surface area (Å²) >= 11 is 3.47. The van der Waals surface area contributed by atoms with Gasteiger partial charge in [-0.25, -0.2) is 9.98 Å². The standard InChI is InChI=1S/C14H17BrN4.ClH/c15-11-4-6-12(7-5-11)19-10-17-13(16)18-14(19)8-2-1-3-9-14;/h4-7,10H,1-3,8-9H2,(H2,16,18);1H. The highest BCUT2D eigenvalue weighted by molar-refractivity contribution is 9.10. The molecule has 1 aliphatic heterocycles. The summed E-state index contributed by atoms with van der Waals surface area (Å²) in [5.74, 6) is 0.398. The van der Waals surface area contributed by atoms with E-state index in [1.807, 2.05) is 18.5 Å². The first-order valence-electron chi connectivity index (χ1n) is 6.64. The number of hydrogen-bond acceptors (Lipinski definition) is 4. The number of anilines is 1. The second-order valence-corrected chi connectivity index (χ2v) is 6.02. The van der Waals surface area contributed by atoms with Crippen molar-refractivity contribution in [3.05, 3.63) is 28.7 Å². The van der Waals surface area contributed by atoms with Gasteiger partial charge in [-0.3, -0.25) is 0 Å². The summed E-state index contributed by atoms with van der Waals surface area (Å²) in [6.07, 6.45) is 7.57. The SMILES string of the molecule is Cl.NC1=NC2(CCCCC2)N(c2ccc(Br)cc2)C=N1. The maximum absolute atomic E-state index is 5.82. The molecule has 0 radical (unpaired) electrons. The van der Waals surface area contributed by atoms with Gasteiger partial charge in [0.05, 0.1) is 0 Å². The first kappa shape index (κ1) is 15.3. The number of aliphatic imine (C=N–C) groups is 2. The topological polar surface area (TPSA) is 54.0 Å². The Morgan fingerprint density at radius 1 is 1.10 bits per heavy atom. The van der Waals surface area contributed by atoms with Crippen molar-refractivity contribution in [2.24, 2.45) is 15.7 Å². The number of nitrogens with zero attached hydrogens (tertiary/aromatic N) is 3. The van der Waals surface area contributed by atoms with Crippen LogP contribution in [0.25, 0.3) is 0 Å². The van der Waals surface area contributed by atoms with Crippen LogP contribution in [0.1, 0.15) is 32.1 Å². The third-order valence-corrected chi connectivity index (χ3v) is 4.36. The van der Waals surface area contributed by atoms with Crippen molar-refractivity contribution in [3.63, 3.8) is 0 Å². The number of nitrogens with two attached hydrogens (primary N) is 1. The summed E-state index contributed by atoms with van der Waals surface area (Å²) in [5.41, 5.74) is 6.71. The van der Waals surface area contributed by atoms with E-state index >= 15 is 0 Å². The largest absolute Gasteiger partial charge is 0.368 e. The summed E-state index contributed by atoms with van der Waals surface area (Å²) in [6, 6.07) is 8.26. The van der Waals surface area contributed by atoms with E-state index in [9.17, 15) is 0 Å². The van der Waals surface area contributed by atoms with E-state index in [1.54, 1.807) is 0 Å². The maximum atomic E-state index is 5.82. The van der Waals surface area contributed by atoms with Crippen LogP contribution in [-0.2, 0) is 0 Å². The van der Waals surface area contributed by atoms with E-state index in [-0.39, 0.29) is 18.1 Å². The van der Waals surface area contributed by atoms with E-state index in [0.717, 1.165) is 23.0 Å². The number of guanidine groups is 1. The van der Waals surface area contributed by atoms with Crippen molar-refractivity contribution in [2.75, 3.05) is 4.90 Å². The van der Waals surface area contributed by atoms with Crippen LogP contribution in [0.15, 0.2) is 38.7 Å². The van der Waals surface area contributed by atoms with Crippen molar-refractivity contribution in [3.8, 4) is 0 Å². The molecule has 1 fully saturated rings. The molecule has 3 rings (SSSR count). The van der Waals surface area contributed by atoms with Crippen LogP contribution in [0.4, 0.5) is 5.69 Å². The van der Waals surface area contributed by atoms with Crippen LogP contribution in [0.3, 0.4) is 0 Å². The highest BCUT2D eigenvalue weighted by atomic mass is 79.9. The lowest BCUT2D eigenvalue weighted by molar-refractivity contribution is 0.308. The molecule has 0 saturated heterocycles. The summed E-state index contributed by atoms with van der Waals surface area (Å²) in [5, 5.41) is 0. The van der Waals surface area contributed by atoms with Gasteiger partial charge in [0.25, 0.3) is 0 Å². The molecule has 1 spiro atoms. The second kappa shape index (κ2) is 6.14. The summed E-state index contributed by atoms with van der Waals surface area (Å²) in [4.78, 5) is 11.0. The average Bonchev–Trinajstić information content (AvgIpc) is 2.41. The van der Waals surface area contributed by atoms with Crippen molar-refractivity contribution < 1.29 is 0 Å². The first-order valence-corrected chi connectivity index (χ1v) is 7.43. The number of halogens is 2. The molecule has 6 heteroatoms. The zero-order valence-corrected chi connectivity index (χ0v) is 13.5. The molecular weight excluding hydrogens is 340 g/mol. The molecule has 1 aliphatic carbocycles. The molecule has 108 valence electrons. The fourth-order valence-corrected chi connectivity index (χ4v) is 3.16. The minimum Gasteiger partial charge on any atom is -0.368 e. The molecule has 1 heterocycles.